The molecule has 4 heteroatoms. The zero-order valence-corrected chi connectivity index (χ0v) is 44.9. The molecular weight excluding hydrogens is 840 g/mol. The fraction of sp³-hybridized carbons (Fsp3) is 0.438. The van der Waals surface area contributed by atoms with Crippen molar-refractivity contribution in [3.63, 3.8) is 0 Å². The quantitative estimate of drug-likeness (QED) is 0.159. The summed E-state index contributed by atoms with van der Waals surface area (Å²) < 4.78 is 2.69. The number of rotatable bonds is 2. The Labute approximate surface area is 412 Å². The summed E-state index contributed by atoms with van der Waals surface area (Å²) >= 11 is 1.91. The Hall–Kier alpha value is -4.80. The lowest BCUT2D eigenvalue weighted by molar-refractivity contribution is 0.331. The molecule has 2 aliphatic heterocycles. The van der Waals surface area contributed by atoms with Crippen molar-refractivity contribution in [1.82, 2.24) is 0 Å². The van der Waals surface area contributed by atoms with E-state index in [-0.39, 0.29) is 44.6 Å². The summed E-state index contributed by atoms with van der Waals surface area (Å²) in [6.07, 6.45) is 5.90. The van der Waals surface area contributed by atoms with Crippen molar-refractivity contribution in [2.24, 2.45) is 0 Å². The Balaban J connectivity index is 1.25. The topological polar surface area (TPSA) is 6.48 Å². The third-order valence-corrected chi connectivity index (χ3v) is 19.6. The molecule has 12 rings (SSSR count). The lowest BCUT2D eigenvalue weighted by atomic mass is 9.32. The van der Waals surface area contributed by atoms with Gasteiger partial charge < -0.3 is 9.80 Å². The Morgan fingerprint density at radius 2 is 0.912 bits per heavy atom. The largest absolute Gasteiger partial charge is 0.311 e. The first-order chi connectivity index (χ1) is 31.7. The highest BCUT2D eigenvalue weighted by atomic mass is 32.1. The van der Waals surface area contributed by atoms with Crippen molar-refractivity contribution in [2.45, 2.75) is 181 Å². The molecule has 3 aliphatic carbocycles. The summed E-state index contributed by atoms with van der Waals surface area (Å²) in [4.78, 5) is 5.50. The van der Waals surface area contributed by atoms with Crippen LogP contribution in [0.4, 0.5) is 34.1 Å². The van der Waals surface area contributed by atoms with Gasteiger partial charge in [-0.3, -0.25) is 0 Å². The summed E-state index contributed by atoms with van der Waals surface area (Å²) in [5, 5.41) is 2.69. The monoisotopic (exact) mass is 913 g/mol. The summed E-state index contributed by atoms with van der Waals surface area (Å²) in [6.45, 7) is 39.6. The SMILES string of the molecule is Cc1cc2c(cc1N1c3cc4c(cc3B3c5cc6c(cc5N(c5ccc7sc8ccccc8c7c5)c5cc(C(C)(C)C)cc1c53)C(C)(C)CC6(C)C)C(C)(C)CCC4(C)C)C(C)(C)CCC2(C)C. The van der Waals surface area contributed by atoms with Crippen molar-refractivity contribution in [3.05, 3.63) is 136 Å². The molecule has 0 atom stereocenters. The van der Waals surface area contributed by atoms with Crippen LogP contribution in [0.2, 0.25) is 0 Å². The van der Waals surface area contributed by atoms with E-state index in [2.05, 4.69) is 212 Å². The Morgan fingerprint density at radius 3 is 1.49 bits per heavy atom. The highest BCUT2D eigenvalue weighted by Gasteiger charge is 2.50. The number of nitrogens with zero attached hydrogens (tertiary/aromatic N) is 2. The van der Waals surface area contributed by atoms with E-state index in [9.17, 15) is 0 Å². The van der Waals surface area contributed by atoms with E-state index >= 15 is 0 Å². The molecule has 0 saturated carbocycles. The molecular formula is C64H73BN2S. The predicted octanol–water partition coefficient (Wildman–Crippen LogP) is 16.4. The lowest BCUT2D eigenvalue weighted by Crippen LogP contribution is -2.62. The second-order valence-electron chi connectivity index (χ2n) is 27.1. The zero-order chi connectivity index (χ0) is 48.2. The molecule has 2 nitrogen and oxygen atoms in total. The smallest absolute Gasteiger partial charge is 0.252 e. The van der Waals surface area contributed by atoms with Gasteiger partial charge >= 0.3 is 0 Å². The number of fused-ring (bicyclic) bond motifs is 10. The molecule has 5 aliphatic rings. The number of benzene rings is 6. The number of aryl methyl sites for hydroxylation is 1. The first kappa shape index (κ1) is 44.4. The first-order valence-corrected chi connectivity index (χ1v) is 26.7. The van der Waals surface area contributed by atoms with Gasteiger partial charge in [-0.25, -0.2) is 0 Å². The van der Waals surface area contributed by atoms with E-state index in [1.165, 1.54) is 141 Å². The maximum absolute atomic E-state index is 2.78. The molecule has 6 aromatic carbocycles. The Bertz CT molecular complexity index is 3340. The van der Waals surface area contributed by atoms with Gasteiger partial charge in [0.15, 0.2) is 0 Å². The van der Waals surface area contributed by atoms with Crippen LogP contribution in [-0.4, -0.2) is 6.71 Å². The molecule has 0 N–H and O–H groups in total. The minimum Gasteiger partial charge on any atom is -0.311 e. The van der Waals surface area contributed by atoms with Crippen molar-refractivity contribution in [2.75, 3.05) is 9.80 Å². The van der Waals surface area contributed by atoms with Gasteiger partial charge in [-0.15, -0.1) is 11.3 Å². The molecule has 0 fully saturated rings. The maximum Gasteiger partial charge on any atom is 0.252 e. The molecule has 1 aromatic heterocycles. The molecule has 0 unspecified atom stereocenters. The van der Waals surface area contributed by atoms with Crippen LogP contribution >= 0.6 is 11.3 Å². The van der Waals surface area contributed by atoms with E-state index < -0.39 is 0 Å². The molecule has 0 saturated heterocycles. The van der Waals surface area contributed by atoms with Crippen molar-refractivity contribution < 1.29 is 0 Å². The van der Waals surface area contributed by atoms with E-state index in [0.717, 1.165) is 6.42 Å². The van der Waals surface area contributed by atoms with E-state index in [0.29, 0.717) is 0 Å². The normalized spacial score (nSPS) is 20.7. The van der Waals surface area contributed by atoms with E-state index in [1.54, 1.807) is 0 Å². The first-order valence-electron chi connectivity index (χ1n) is 25.9. The van der Waals surface area contributed by atoms with E-state index in [4.69, 9.17) is 0 Å². The second kappa shape index (κ2) is 13.7. The van der Waals surface area contributed by atoms with Crippen LogP contribution in [0.25, 0.3) is 20.2 Å². The van der Waals surface area contributed by atoms with E-state index in [1.807, 2.05) is 11.3 Å². The van der Waals surface area contributed by atoms with Gasteiger partial charge in [-0.05, 0) is 192 Å². The summed E-state index contributed by atoms with van der Waals surface area (Å²) in [5.74, 6) is 0. The highest BCUT2D eigenvalue weighted by Crippen LogP contribution is 2.56. The van der Waals surface area contributed by atoms with Crippen molar-refractivity contribution in [1.29, 1.82) is 0 Å². The summed E-state index contributed by atoms with van der Waals surface area (Å²) in [7, 11) is 0. The van der Waals surface area contributed by atoms with Gasteiger partial charge in [0.1, 0.15) is 0 Å². The van der Waals surface area contributed by atoms with Crippen LogP contribution in [0.15, 0.2) is 91.0 Å². The van der Waals surface area contributed by atoms with Gasteiger partial charge in [-0.1, -0.05) is 140 Å². The second-order valence-corrected chi connectivity index (χ2v) is 28.2. The number of anilines is 6. The molecule has 0 amide bonds. The van der Waals surface area contributed by atoms with Gasteiger partial charge in [0.05, 0.1) is 0 Å². The minimum atomic E-state index is -0.102. The zero-order valence-electron chi connectivity index (χ0n) is 44.1. The molecule has 68 heavy (non-hydrogen) atoms. The van der Waals surface area contributed by atoms with Gasteiger partial charge in [0, 0.05) is 54.3 Å². The number of hydrogen-bond donors (Lipinski definition) is 0. The average Bonchev–Trinajstić information content (AvgIpc) is 3.71. The number of hydrogen-bond acceptors (Lipinski definition) is 3. The van der Waals surface area contributed by atoms with Crippen LogP contribution in [0.5, 0.6) is 0 Å². The third kappa shape index (κ3) is 6.20. The number of thiophene rings is 1. The van der Waals surface area contributed by atoms with Gasteiger partial charge in [0.2, 0.25) is 0 Å². The van der Waals surface area contributed by atoms with Crippen LogP contribution in [0.1, 0.15) is 180 Å². The molecule has 0 bridgehead atoms. The van der Waals surface area contributed by atoms with Crippen molar-refractivity contribution in [3.8, 4) is 0 Å². The Kier molecular flexibility index (Phi) is 8.98. The predicted molar refractivity (Wildman–Crippen MR) is 298 cm³/mol. The lowest BCUT2D eigenvalue weighted by Gasteiger charge is -2.49. The summed E-state index contributed by atoms with van der Waals surface area (Å²) in [6, 6.07) is 37.6. The molecule has 0 radical (unpaired) electrons. The maximum atomic E-state index is 2.78. The highest BCUT2D eigenvalue weighted by molar-refractivity contribution is 7.25. The molecule has 0 spiro atoms. The van der Waals surface area contributed by atoms with Crippen LogP contribution in [0, 0.1) is 6.92 Å². The summed E-state index contributed by atoms with van der Waals surface area (Å²) in [5.41, 5.74) is 24.5. The average molecular weight is 913 g/mol. The van der Waals surface area contributed by atoms with Crippen LogP contribution in [0.3, 0.4) is 0 Å². The fourth-order valence-electron chi connectivity index (χ4n) is 14.3. The molecule has 7 aromatic rings. The minimum absolute atomic E-state index is 0.0496. The van der Waals surface area contributed by atoms with Gasteiger partial charge in [-0.2, -0.15) is 0 Å². The van der Waals surface area contributed by atoms with Crippen LogP contribution < -0.4 is 26.2 Å². The molecule has 348 valence electrons. The third-order valence-electron chi connectivity index (χ3n) is 18.4. The van der Waals surface area contributed by atoms with Crippen molar-refractivity contribution >= 4 is 88.7 Å². The fourth-order valence-corrected chi connectivity index (χ4v) is 15.4. The molecule has 3 heterocycles. The van der Waals surface area contributed by atoms with Gasteiger partial charge in [0.25, 0.3) is 6.71 Å². The van der Waals surface area contributed by atoms with Crippen LogP contribution in [-0.2, 0) is 37.9 Å². The standard InChI is InChI=1S/C64H73BN2S/c1-37-27-42-45(61(9,10)25-23-59(42,5)6)33-50(37)67-52-34-46-43(60(7,8)24-26-62(46,11)12)31-49(52)65-48-32-44-47(64(15,16)36-63(44,13)14)35-51(48)66(53-28-38(58(2,3)4)29-54(67)57(53)65)39-21-22-56-41(30-39)40-19-17-18-20-55(40)68-56/h17-22,27-35H,23-26,36H2,1-16H3. The Morgan fingerprint density at radius 1 is 0.456 bits per heavy atom.